The van der Waals surface area contributed by atoms with Crippen molar-refractivity contribution in [3.63, 3.8) is 0 Å². The van der Waals surface area contributed by atoms with Gasteiger partial charge in [-0.25, -0.2) is 4.68 Å². The lowest BCUT2D eigenvalue weighted by molar-refractivity contribution is -0.136. The topological polar surface area (TPSA) is 193 Å². The SMILES string of the molecule is O=C1CCC(N2C(=O)c3cccc(NCCOCCOCCOCCOCCOCCn4cc(C(=O)N5CCCCC5)nn4)c3C2=O)C(=O)N1. The molecule has 17 nitrogen and oxygen atoms in total. The molecule has 0 spiro atoms. The maximum atomic E-state index is 13.1. The second-order valence-electron chi connectivity index (χ2n) is 11.9. The smallest absolute Gasteiger partial charge is 0.276 e. The molecular formula is C33H45N7O10. The summed E-state index contributed by atoms with van der Waals surface area (Å²) < 4.78 is 29.3. The number of anilines is 1. The van der Waals surface area contributed by atoms with Crippen molar-refractivity contribution in [1.29, 1.82) is 0 Å². The van der Waals surface area contributed by atoms with Crippen LogP contribution < -0.4 is 10.6 Å². The Hall–Kier alpha value is -4.29. The van der Waals surface area contributed by atoms with Gasteiger partial charge in [0.05, 0.1) is 89.9 Å². The molecule has 272 valence electrons. The molecule has 2 saturated heterocycles. The minimum absolute atomic E-state index is 0.0627. The van der Waals surface area contributed by atoms with E-state index in [-0.39, 0.29) is 29.9 Å². The first kappa shape index (κ1) is 37.0. The number of aromatic nitrogens is 3. The molecule has 2 N–H and O–H groups in total. The van der Waals surface area contributed by atoms with Crippen LogP contribution in [0.1, 0.15) is 63.3 Å². The summed E-state index contributed by atoms with van der Waals surface area (Å²) in [6.45, 7) is 6.53. The Kier molecular flexibility index (Phi) is 14.2. The van der Waals surface area contributed by atoms with Crippen LogP contribution in [-0.2, 0) is 39.8 Å². The van der Waals surface area contributed by atoms with Crippen LogP contribution in [0, 0.1) is 0 Å². The van der Waals surface area contributed by atoms with Gasteiger partial charge in [-0.1, -0.05) is 11.3 Å². The number of amides is 5. The van der Waals surface area contributed by atoms with Crippen molar-refractivity contribution in [3.05, 3.63) is 41.2 Å². The Labute approximate surface area is 289 Å². The van der Waals surface area contributed by atoms with Gasteiger partial charge < -0.3 is 33.9 Å². The van der Waals surface area contributed by atoms with Crippen LogP contribution in [-0.4, -0.2) is 146 Å². The largest absolute Gasteiger partial charge is 0.382 e. The second kappa shape index (κ2) is 19.2. The summed E-state index contributed by atoms with van der Waals surface area (Å²) in [7, 11) is 0. The Bertz CT molecular complexity index is 1480. The van der Waals surface area contributed by atoms with Crippen molar-refractivity contribution >= 4 is 35.2 Å². The highest BCUT2D eigenvalue weighted by molar-refractivity contribution is 6.25. The van der Waals surface area contributed by atoms with Gasteiger partial charge in [-0.15, -0.1) is 5.10 Å². The standard InChI is InChI=1S/C33H45N7O10/c41-28-8-7-27(30(42)35-28)40-31(43)24-5-4-6-25(29(24)33(40)45)34-9-13-46-15-17-48-19-21-50-22-20-49-18-16-47-14-12-39-23-26(36-37-39)32(44)38-10-2-1-3-11-38/h4-6,23,27,34H,1-3,7-22H2,(H,35,41,42). The number of rotatable bonds is 21. The number of hydrogen-bond acceptors (Lipinski definition) is 13. The molecule has 1 atom stereocenters. The van der Waals surface area contributed by atoms with E-state index in [1.54, 1.807) is 29.1 Å². The minimum atomic E-state index is -1.01. The Morgan fingerprint density at radius 1 is 0.820 bits per heavy atom. The molecule has 0 saturated carbocycles. The number of likely N-dealkylation sites (tertiary alicyclic amines) is 1. The number of carbonyl (C=O) groups is 5. The quantitative estimate of drug-likeness (QED) is 0.135. The molecule has 17 heteroatoms. The van der Waals surface area contributed by atoms with Crippen LogP contribution >= 0.6 is 0 Å². The van der Waals surface area contributed by atoms with Crippen LogP contribution in [0.3, 0.4) is 0 Å². The van der Waals surface area contributed by atoms with E-state index in [9.17, 15) is 24.0 Å². The number of benzene rings is 1. The normalized spacial score (nSPS) is 17.7. The van der Waals surface area contributed by atoms with E-state index in [0.29, 0.717) is 90.5 Å². The summed E-state index contributed by atoms with van der Waals surface area (Å²) in [5, 5.41) is 13.3. The highest BCUT2D eigenvalue weighted by Crippen LogP contribution is 2.32. The fraction of sp³-hybridized carbons (Fsp3) is 0.606. The maximum absolute atomic E-state index is 13.1. The van der Waals surface area contributed by atoms with E-state index >= 15 is 0 Å². The molecule has 4 heterocycles. The molecular weight excluding hydrogens is 654 g/mol. The molecule has 1 unspecified atom stereocenters. The van der Waals surface area contributed by atoms with Gasteiger partial charge >= 0.3 is 0 Å². The minimum Gasteiger partial charge on any atom is -0.382 e. The van der Waals surface area contributed by atoms with Crippen LogP contribution in [0.15, 0.2) is 24.4 Å². The highest BCUT2D eigenvalue weighted by Gasteiger charge is 2.45. The van der Waals surface area contributed by atoms with Crippen molar-refractivity contribution < 1.29 is 47.7 Å². The van der Waals surface area contributed by atoms with E-state index in [1.807, 2.05) is 4.90 Å². The van der Waals surface area contributed by atoms with Gasteiger partial charge in [-0.2, -0.15) is 0 Å². The monoisotopic (exact) mass is 699 g/mol. The lowest BCUT2D eigenvalue weighted by Gasteiger charge is -2.27. The molecule has 1 aromatic heterocycles. The Balaban J connectivity index is 0.823. The third kappa shape index (κ3) is 10.1. The average molecular weight is 700 g/mol. The zero-order chi connectivity index (χ0) is 35.1. The number of imide groups is 2. The van der Waals surface area contributed by atoms with Crippen LogP contribution in [0.2, 0.25) is 0 Å². The lowest BCUT2D eigenvalue weighted by atomic mass is 10.0. The predicted octanol–water partition coefficient (Wildman–Crippen LogP) is 0.501. The van der Waals surface area contributed by atoms with E-state index < -0.39 is 29.7 Å². The molecule has 50 heavy (non-hydrogen) atoms. The molecule has 2 fully saturated rings. The molecule has 5 amide bonds. The van der Waals surface area contributed by atoms with Gasteiger partial charge in [0.15, 0.2) is 5.69 Å². The van der Waals surface area contributed by atoms with Crippen molar-refractivity contribution in [2.24, 2.45) is 0 Å². The molecule has 2 aromatic rings. The second-order valence-corrected chi connectivity index (χ2v) is 11.9. The third-order valence-electron chi connectivity index (χ3n) is 8.38. The van der Waals surface area contributed by atoms with Crippen LogP contribution in [0.5, 0.6) is 0 Å². The van der Waals surface area contributed by atoms with Gasteiger partial charge in [0.2, 0.25) is 11.8 Å². The molecule has 0 radical (unpaired) electrons. The average Bonchev–Trinajstić information content (AvgIpc) is 3.70. The molecule has 3 aliphatic rings. The summed E-state index contributed by atoms with van der Waals surface area (Å²) in [6.07, 6.45) is 5.06. The van der Waals surface area contributed by atoms with Crippen molar-refractivity contribution in [2.75, 3.05) is 91.0 Å². The first-order valence-corrected chi connectivity index (χ1v) is 17.1. The Morgan fingerprint density at radius 2 is 1.46 bits per heavy atom. The zero-order valence-corrected chi connectivity index (χ0v) is 28.1. The molecule has 0 aliphatic carbocycles. The summed E-state index contributed by atoms with van der Waals surface area (Å²) in [5.41, 5.74) is 1.27. The van der Waals surface area contributed by atoms with E-state index in [4.69, 9.17) is 23.7 Å². The first-order valence-electron chi connectivity index (χ1n) is 17.1. The van der Waals surface area contributed by atoms with Gasteiger partial charge in [0.1, 0.15) is 6.04 Å². The van der Waals surface area contributed by atoms with E-state index in [0.717, 1.165) is 37.3 Å². The first-order chi connectivity index (χ1) is 24.4. The third-order valence-corrected chi connectivity index (χ3v) is 8.38. The fourth-order valence-corrected chi connectivity index (χ4v) is 5.82. The van der Waals surface area contributed by atoms with Crippen LogP contribution in [0.4, 0.5) is 5.69 Å². The number of nitrogens with one attached hydrogen (secondary N) is 2. The molecule has 0 bridgehead atoms. The lowest BCUT2D eigenvalue weighted by Crippen LogP contribution is -2.54. The fourth-order valence-electron chi connectivity index (χ4n) is 5.82. The van der Waals surface area contributed by atoms with E-state index in [2.05, 4.69) is 20.9 Å². The summed E-state index contributed by atoms with van der Waals surface area (Å²) in [6, 6.07) is 3.90. The summed E-state index contributed by atoms with van der Waals surface area (Å²) >= 11 is 0. The van der Waals surface area contributed by atoms with Crippen LogP contribution in [0.25, 0.3) is 0 Å². The summed E-state index contributed by atoms with van der Waals surface area (Å²) in [4.78, 5) is 65.1. The number of ether oxygens (including phenoxy) is 5. The highest BCUT2D eigenvalue weighted by atomic mass is 16.6. The summed E-state index contributed by atoms with van der Waals surface area (Å²) in [5.74, 6) is -2.23. The van der Waals surface area contributed by atoms with Crippen molar-refractivity contribution in [3.8, 4) is 0 Å². The van der Waals surface area contributed by atoms with Gasteiger partial charge in [0.25, 0.3) is 17.7 Å². The number of nitrogens with zero attached hydrogens (tertiary/aromatic N) is 5. The maximum Gasteiger partial charge on any atom is 0.276 e. The molecule has 5 rings (SSSR count). The van der Waals surface area contributed by atoms with Crippen molar-refractivity contribution in [1.82, 2.24) is 30.1 Å². The predicted molar refractivity (Wildman–Crippen MR) is 175 cm³/mol. The number of carbonyl (C=O) groups excluding carboxylic acids is 5. The van der Waals surface area contributed by atoms with Gasteiger partial charge in [-0.05, 0) is 37.8 Å². The zero-order valence-electron chi connectivity index (χ0n) is 28.1. The van der Waals surface area contributed by atoms with E-state index in [1.165, 1.54) is 0 Å². The molecule has 1 aromatic carbocycles. The van der Waals surface area contributed by atoms with Crippen molar-refractivity contribution in [2.45, 2.75) is 44.7 Å². The number of piperidine rings is 2. The van der Waals surface area contributed by atoms with Gasteiger partial charge in [0, 0.05) is 31.7 Å². The molecule has 3 aliphatic heterocycles. The Morgan fingerprint density at radius 3 is 2.12 bits per heavy atom. The number of hydrogen-bond donors (Lipinski definition) is 2. The van der Waals surface area contributed by atoms with Gasteiger partial charge in [-0.3, -0.25) is 34.2 Å². The number of fused-ring (bicyclic) bond motifs is 1.